The number of nitrogens with one attached hydrogen (secondary N) is 1. The number of aromatic nitrogens is 1. The molecule has 2 N–H and O–H groups in total. The zero-order chi connectivity index (χ0) is 14.5. The molecule has 2 rings (SSSR count). The van der Waals surface area contributed by atoms with Gasteiger partial charge >= 0.3 is 5.97 Å². The minimum Gasteiger partial charge on any atom is -0.476 e. The van der Waals surface area contributed by atoms with E-state index in [9.17, 15) is 4.79 Å². The molecular weight excluding hydrogens is 274 g/mol. The summed E-state index contributed by atoms with van der Waals surface area (Å²) in [4.78, 5) is 14.7. The molecule has 0 spiro atoms. The van der Waals surface area contributed by atoms with Gasteiger partial charge in [-0.05, 0) is 30.7 Å². The van der Waals surface area contributed by atoms with Gasteiger partial charge in [-0.2, -0.15) is 5.26 Å². The summed E-state index contributed by atoms with van der Waals surface area (Å²) in [5.74, 6) is -0.997. The van der Waals surface area contributed by atoms with Crippen LogP contribution in [0.25, 0.3) is 0 Å². The van der Waals surface area contributed by atoms with E-state index >= 15 is 0 Å². The highest BCUT2D eigenvalue weighted by molar-refractivity contribution is 7.09. The topological polar surface area (TPSA) is 86.0 Å². The quantitative estimate of drug-likeness (QED) is 0.883. The smallest absolute Gasteiger partial charge is 0.355 e. The van der Waals surface area contributed by atoms with Gasteiger partial charge in [0.05, 0.1) is 16.6 Å². The fourth-order valence-corrected chi connectivity index (χ4v) is 2.51. The minimum absolute atomic E-state index is 0.0965. The molecule has 0 aliphatic carbocycles. The average Bonchev–Trinajstić information content (AvgIpc) is 2.88. The summed E-state index contributed by atoms with van der Waals surface area (Å²) in [5, 5.41) is 23.2. The molecule has 1 aromatic carbocycles. The highest BCUT2D eigenvalue weighted by Gasteiger charge is 2.08. The first kappa shape index (κ1) is 14.0. The Balaban J connectivity index is 1.91. The zero-order valence-electron chi connectivity index (χ0n) is 10.9. The fraction of sp³-hybridized carbons (Fsp3) is 0.214. The van der Waals surface area contributed by atoms with E-state index in [0.29, 0.717) is 18.5 Å². The second-order valence-electron chi connectivity index (χ2n) is 4.25. The summed E-state index contributed by atoms with van der Waals surface area (Å²) in [6.07, 6.45) is 0.664. The number of anilines is 1. The first-order chi connectivity index (χ1) is 9.60. The maximum Gasteiger partial charge on any atom is 0.355 e. The monoisotopic (exact) mass is 287 g/mol. The van der Waals surface area contributed by atoms with Gasteiger partial charge in [-0.3, -0.25) is 0 Å². The molecule has 6 heteroatoms. The molecular formula is C14H13N3O2S. The molecule has 0 unspecified atom stereocenters. The molecule has 0 saturated carbocycles. The molecule has 0 saturated heterocycles. The summed E-state index contributed by atoms with van der Waals surface area (Å²) in [7, 11) is 0. The van der Waals surface area contributed by atoms with Crippen molar-refractivity contribution in [3.8, 4) is 6.07 Å². The Morgan fingerprint density at radius 2 is 2.35 bits per heavy atom. The molecule has 0 fully saturated rings. The SMILES string of the molecule is Cc1cc(NCCc2nc(C(=O)O)cs2)ccc1C#N. The lowest BCUT2D eigenvalue weighted by Gasteiger charge is -2.06. The van der Waals surface area contributed by atoms with E-state index in [1.54, 1.807) is 11.4 Å². The third kappa shape index (κ3) is 3.33. The molecule has 102 valence electrons. The number of carbonyl (C=O) groups is 1. The minimum atomic E-state index is -0.997. The number of carboxylic acid groups (broad SMARTS) is 1. The highest BCUT2D eigenvalue weighted by atomic mass is 32.1. The van der Waals surface area contributed by atoms with E-state index in [4.69, 9.17) is 10.4 Å². The predicted octanol–water partition coefficient (Wildman–Crippen LogP) is 2.68. The molecule has 0 aliphatic heterocycles. The Morgan fingerprint density at radius 3 is 2.95 bits per heavy atom. The van der Waals surface area contributed by atoms with Crippen LogP contribution < -0.4 is 5.32 Å². The van der Waals surface area contributed by atoms with Gasteiger partial charge in [0.15, 0.2) is 5.69 Å². The lowest BCUT2D eigenvalue weighted by atomic mass is 10.1. The summed E-state index contributed by atoms with van der Waals surface area (Å²) in [6, 6.07) is 7.68. The van der Waals surface area contributed by atoms with Crippen LogP contribution in [0.5, 0.6) is 0 Å². The summed E-state index contributed by atoms with van der Waals surface area (Å²) in [6.45, 7) is 2.56. The van der Waals surface area contributed by atoms with E-state index in [0.717, 1.165) is 16.3 Å². The van der Waals surface area contributed by atoms with Gasteiger partial charge in [0, 0.05) is 24.0 Å². The molecule has 20 heavy (non-hydrogen) atoms. The number of nitrogens with zero attached hydrogens (tertiary/aromatic N) is 2. The van der Waals surface area contributed by atoms with Crippen molar-refractivity contribution in [1.82, 2.24) is 4.98 Å². The molecule has 0 radical (unpaired) electrons. The molecule has 0 amide bonds. The van der Waals surface area contributed by atoms with Crippen molar-refractivity contribution < 1.29 is 9.90 Å². The van der Waals surface area contributed by atoms with Gasteiger partial charge in [-0.1, -0.05) is 0 Å². The highest BCUT2D eigenvalue weighted by Crippen LogP contribution is 2.15. The number of hydrogen-bond donors (Lipinski definition) is 2. The summed E-state index contributed by atoms with van der Waals surface area (Å²) >= 11 is 1.35. The van der Waals surface area contributed by atoms with Gasteiger partial charge in [0.2, 0.25) is 0 Å². The second-order valence-corrected chi connectivity index (χ2v) is 5.19. The van der Waals surface area contributed by atoms with Crippen LogP contribution in [0.2, 0.25) is 0 Å². The lowest BCUT2D eigenvalue weighted by molar-refractivity contribution is 0.0691. The molecule has 1 aromatic heterocycles. The maximum atomic E-state index is 10.7. The summed E-state index contributed by atoms with van der Waals surface area (Å²) in [5.41, 5.74) is 2.64. The van der Waals surface area contributed by atoms with E-state index in [-0.39, 0.29) is 5.69 Å². The van der Waals surface area contributed by atoms with Gasteiger partial charge in [-0.25, -0.2) is 9.78 Å². The van der Waals surface area contributed by atoms with Gasteiger partial charge in [0.25, 0.3) is 0 Å². The molecule has 1 heterocycles. The van der Waals surface area contributed by atoms with E-state index in [2.05, 4.69) is 16.4 Å². The van der Waals surface area contributed by atoms with Crippen molar-refractivity contribution in [2.75, 3.05) is 11.9 Å². The molecule has 2 aromatic rings. The zero-order valence-corrected chi connectivity index (χ0v) is 11.7. The number of aromatic carboxylic acids is 1. The fourth-order valence-electron chi connectivity index (χ4n) is 1.74. The number of nitriles is 1. The van der Waals surface area contributed by atoms with Crippen LogP contribution in [0.1, 0.15) is 26.6 Å². The van der Waals surface area contributed by atoms with Crippen molar-refractivity contribution in [2.45, 2.75) is 13.3 Å². The summed E-state index contributed by atoms with van der Waals surface area (Å²) < 4.78 is 0. The average molecular weight is 287 g/mol. The van der Waals surface area contributed by atoms with Crippen LogP contribution in [0.3, 0.4) is 0 Å². The predicted molar refractivity (Wildman–Crippen MR) is 77.2 cm³/mol. The van der Waals surface area contributed by atoms with E-state index in [1.807, 2.05) is 19.1 Å². The first-order valence-electron chi connectivity index (χ1n) is 6.02. The normalized spacial score (nSPS) is 10.0. The van der Waals surface area contributed by atoms with Crippen molar-refractivity contribution >= 4 is 23.0 Å². The molecule has 5 nitrogen and oxygen atoms in total. The van der Waals surface area contributed by atoms with Gasteiger partial charge in [-0.15, -0.1) is 11.3 Å². The number of aryl methyl sites for hydroxylation is 1. The van der Waals surface area contributed by atoms with Crippen LogP contribution in [0, 0.1) is 18.3 Å². The maximum absolute atomic E-state index is 10.7. The molecule has 0 bridgehead atoms. The molecule has 0 atom stereocenters. The van der Waals surface area contributed by atoms with Gasteiger partial charge in [0.1, 0.15) is 0 Å². The van der Waals surface area contributed by atoms with Crippen LogP contribution in [-0.4, -0.2) is 22.6 Å². The Hall–Kier alpha value is -2.39. The molecule has 0 aliphatic rings. The Morgan fingerprint density at radius 1 is 1.55 bits per heavy atom. The third-order valence-corrected chi connectivity index (χ3v) is 3.69. The van der Waals surface area contributed by atoms with Crippen LogP contribution in [-0.2, 0) is 6.42 Å². The number of hydrogen-bond acceptors (Lipinski definition) is 5. The standard InChI is InChI=1S/C14H13N3O2S/c1-9-6-11(3-2-10(9)7-15)16-5-4-13-17-12(8-20-13)14(18)19/h2-3,6,8,16H,4-5H2,1H3,(H,18,19). The largest absolute Gasteiger partial charge is 0.476 e. The first-order valence-corrected chi connectivity index (χ1v) is 6.90. The van der Waals surface area contributed by atoms with Crippen molar-refractivity contribution in [3.05, 3.63) is 45.4 Å². The third-order valence-electron chi connectivity index (χ3n) is 2.79. The Labute approximate surface area is 120 Å². The Kier molecular flexibility index (Phi) is 4.33. The van der Waals surface area contributed by atoms with Crippen LogP contribution in [0.4, 0.5) is 5.69 Å². The van der Waals surface area contributed by atoms with Crippen LogP contribution in [0.15, 0.2) is 23.6 Å². The Bertz CT molecular complexity index is 673. The van der Waals surface area contributed by atoms with Gasteiger partial charge < -0.3 is 10.4 Å². The van der Waals surface area contributed by atoms with E-state index in [1.165, 1.54) is 11.3 Å². The lowest BCUT2D eigenvalue weighted by Crippen LogP contribution is -2.05. The number of benzene rings is 1. The van der Waals surface area contributed by atoms with Crippen molar-refractivity contribution in [2.24, 2.45) is 0 Å². The van der Waals surface area contributed by atoms with Crippen LogP contribution >= 0.6 is 11.3 Å². The van der Waals surface area contributed by atoms with Crippen molar-refractivity contribution in [3.63, 3.8) is 0 Å². The second kappa shape index (κ2) is 6.17. The number of carboxylic acids is 1. The number of thiazole rings is 1. The van der Waals surface area contributed by atoms with Crippen molar-refractivity contribution in [1.29, 1.82) is 5.26 Å². The van der Waals surface area contributed by atoms with E-state index < -0.39 is 5.97 Å². The number of rotatable bonds is 5.